The number of nitrogens with zero attached hydrogens (tertiary/aromatic N) is 4. The summed E-state index contributed by atoms with van der Waals surface area (Å²) in [6.45, 7) is 16.3. The van der Waals surface area contributed by atoms with Gasteiger partial charge in [0.25, 0.3) is 0 Å². The molecule has 0 atom stereocenters. The SMILES string of the molecule is CCCCCCCCN(CC)CCCN(CCCCCCCC)CCCCCC(=O)Nc1nc2ccccc2c2sc(CCC)nc12. The molecule has 0 aliphatic carbocycles. The van der Waals surface area contributed by atoms with Gasteiger partial charge in [-0.2, -0.15) is 0 Å². The summed E-state index contributed by atoms with van der Waals surface area (Å²) in [5.41, 5.74) is 1.75. The molecule has 2 heterocycles. The van der Waals surface area contributed by atoms with Crippen molar-refractivity contribution in [1.29, 1.82) is 0 Å². The van der Waals surface area contributed by atoms with Crippen LogP contribution in [0.15, 0.2) is 24.3 Å². The predicted molar refractivity (Wildman–Crippen MR) is 206 cm³/mol. The Morgan fingerprint density at radius 3 is 1.89 bits per heavy atom. The zero-order chi connectivity index (χ0) is 33.5. The molecule has 1 N–H and O–H groups in total. The Bertz CT molecular complexity index is 1260. The average Bonchev–Trinajstić information content (AvgIpc) is 3.51. The summed E-state index contributed by atoms with van der Waals surface area (Å²) in [7, 11) is 0. The van der Waals surface area contributed by atoms with Crippen LogP contribution >= 0.6 is 11.3 Å². The summed E-state index contributed by atoms with van der Waals surface area (Å²) in [5, 5.41) is 5.36. The number of nitrogens with one attached hydrogen (secondary N) is 1. The number of para-hydroxylation sites is 1. The monoisotopic (exact) mass is 666 g/mol. The lowest BCUT2D eigenvalue weighted by atomic mass is 10.1. The standard InChI is InChI=1S/C40H67N5OS/c1-5-9-11-13-15-21-29-44(8-4)32-24-33-45(30-22-16-14-12-10-6-2)31-23-17-18-28-36(46)42-40-38-39(47-37(43-38)25-7-3)34-26-19-20-27-35(34)41-40/h19-20,26-27H,5-18,21-25,28-33H2,1-4H3,(H,41,42,46). The highest BCUT2D eigenvalue weighted by Crippen LogP contribution is 2.34. The first-order valence-corrected chi connectivity index (χ1v) is 20.3. The van der Waals surface area contributed by atoms with E-state index in [9.17, 15) is 4.79 Å². The first kappa shape index (κ1) is 39.3. The van der Waals surface area contributed by atoms with Gasteiger partial charge in [0.15, 0.2) is 5.82 Å². The maximum atomic E-state index is 13.1. The Balaban J connectivity index is 1.43. The maximum absolute atomic E-state index is 13.1. The number of anilines is 1. The summed E-state index contributed by atoms with van der Waals surface area (Å²) >= 11 is 1.73. The molecule has 6 nitrogen and oxygen atoms in total. The number of hydrogen-bond donors (Lipinski definition) is 1. The number of aryl methyl sites for hydroxylation is 1. The fourth-order valence-electron chi connectivity index (χ4n) is 6.56. The fourth-order valence-corrected chi connectivity index (χ4v) is 7.76. The van der Waals surface area contributed by atoms with Gasteiger partial charge in [0.05, 0.1) is 15.2 Å². The van der Waals surface area contributed by atoms with Crippen LogP contribution in [0.3, 0.4) is 0 Å². The lowest BCUT2D eigenvalue weighted by Gasteiger charge is -2.25. The Morgan fingerprint density at radius 2 is 1.23 bits per heavy atom. The highest BCUT2D eigenvalue weighted by atomic mass is 32.1. The number of pyridine rings is 1. The quantitative estimate of drug-likeness (QED) is 0.0782. The Hall–Kier alpha value is -2.09. The molecule has 3 aromatic rings. The largest absolute Gasteiger partial charge is 0.309 e. The van der Waals surface area contributed by atoms with Gasteiger partial charge in [-0.3, -0.25) is 4.79 Å². The Labute approximate surface area is 291 Å². The average molecular weight is 666 g/mol. The molecule has 0 aliphatic heterocycles. The van der Waals surface area contributed by atoms with Gasteiger partial charge in [0.1, 0.15) is 5.52 Å². The number of carbonyl (C=O) groups excluding carboxylic acids is 1. The molecular formula is C40H67N5OS. The van der Waals surface area contributed by atoms with Gasteiger partial charge in [-0.25, -0.2) is 9.97 Å². The van der Waals surface area contributed by atoms with E-state index in [2.05, 4.69) is 48.9 Å². The van der Waals surface area contributed by atoms with Gasteiger partial charge in [0.2, 0.25) is 5.91 Å². The molecule has 0 aliphatic rings. The molecule has 0 fully saturated rings. The van der Waals surface area contributed by atoms with Gasteiger partial charge in [0, 0.05) is 11.8 Å². The molecule has 0 bridgehead atoms. The first-order valence-electron chi connectivity index (χ1n) is 19.5. The van der Waals surface area contributed by atoms with E-state index < -0.39 is 0 Å². The van der Waals surface area contributed by atoms with Crippen molar-refractivity contribution in [3.63, 3.8) is 0 Å². The highest BCUT2D eigenvalue weighted by molar-refractivity contribution is 7.19. The van der Waals surface area contributed by atoms with E-state index in [0.29, 0.717) is 12.2 Å². The van der Waals surface area contributed by atoms with E-state index in [1.165, 1.54) is 110 Å². The molecule has 0 radical (unpaired) electrons. The second-order valence-electron chi connectivity index (χ2n) is 13.5. The molecule has 3 rings (SSSR count). The number of rotatable bonds is 28. The number of thiazole rings is 1. The molecule has 264 valence electrons. The van der Waals surface area contributed by atoms with Crippen LogP contribution in [0, 0.1) is 0 Å². The number of carbonyl (C=O) groups is 1. The second-order valence-corrected chi connectivity index (χ2v) is 14.6. The van der Waals surface area contributed by atoms with E-state index in [4.69, 9.17) is 9.97 Å². The smallest absolute Gasteiger partial charge is 0.225 e. The van der Waals surface area contributed by atoms with Crippen molar-refractivity contribution in [1.82, 2.24) is 19.8 Å². The third-order valence-corrected chi connectivity index (χ3v) is 10.6. The molecule has 2 aromatic heterocycles. The summed E-state index contributed by atoms with van der Waals surface area (Å²) in [5.74, 6) is 0.665. The van der Waals surface area contributed by atoms with Crippen molar-refractivity contribution in [2.45, 2.75) is 150 Å². The van der Waals surface area contributed by atoms with E-state index >= 15 is 0 Å². The van der Waals surface area contributed by atoms with Crippen LogP contribution < -0.4 is 5.32 Å². The molecule has 0 unspecified atom stereocenters. The van der Waals surface area contributed by atoms with Crippen molar-refractivity contribution in [2.75, 3.05) is 44.6 Å². The van der Waals surface area contributed by atoms with Crippen LogP contribution in [0.4, 0.5) is 5.82 Å². The van der Waals surface area contributed by atoms with Crippen molar-refractivity contribution in [2.24, 2.45) is 0 Å². The Kier molecular flexibility index (Phi) is 20.2. The highest BCUT2D eigenvalue weighted by Gasteiger charge is 2.16. The summed E-state index contributed by atoms with van der Waals surface area (Å²) in [6.07, 6.45) is 23.3. The number of hydrogen-bond acceptors (Lipinski definition) is 6. The topological polar surface area (TPSA) is 61.4 Å². The van der Waals surface area contributed by atoms with Crippen molar-refractivity contribution >= 4 is 44.2 Å². The lowest BCUT2D eigenvalue weighted by molar-refractivity contribution is -0.116. The number of amides is 1. The second kappa shape index (κ2) is 24.1. The molecule has 0 saturated heterocycles. The third kappa shape index (κ3) is 14.9. The number of benzene rings is 1. The molecule has 7 heteroatoms. The normalized spacial score (nSPS) is 11.9. The van der Waals surface area contributed by atoms with Crippen LogP contribution in [0.2, 0.25) is 0 Å². The molecule has 0 saturated carbocycles. The number of fused-ring (bicyclic) bond motifs is 3. The van der Waals surface area contributed by atoms with Crippen LogP contribution in [0.25, 0.3) is 21.1 Å². The Morgan fingerprint density at radius 1 is 0.660 bits per heavy atom. The van der Waals surface area contributed by atoms with Gasteiger partial charge in [-0.05, 0) is 90.3 Å². The molecular weight excluding hydrogens is 599 g/mol. The number of unbranched alkanes of at least 4 members (excludes halogenated alkanes) is 12. The van der Waals surface area contributed by atoms with Gasteiger partial charge in [-0.15, -0.1) is 11.3 Å². The van der Waals surface area contributed by atoms with Crippen LogP contribution in [-0.2, 0) is 11.2 Å². The fraction of sp³-hybridized carbons (Fsp3) is 0.725. The first-order chi connectivity index (χ1) is 23.1. The minimum Gasteiger partial charge on any atom is -0.309 e. The molecule has 1 aromatic carbocycles. The summed E-state index contributed by atoms with van der Waals surface area (Å²) in [6, 6.07) is 8.19. The van der Waals surface area contributed by atoms with Crippen LogP contribution in [0.1, 0.15) is 148 Å². The number of aromatic nitrogens is 2. The van der Waals surface area contributed by atoms with E-state index in [-0.39, 0.29) is 5.91 Å². The zero-order valence-corrected chi connectivity index (χ0v) is 31.4. The predicted octanol–water partition coefficient (Wildman–Crippen LogP) is 11.0. The van der Waals surface area contributed by atoms with E-state index in [0.717, 1.165) is 71.3 Å². The molecule has 47 heavy (non-hydrogen) atoms. The molecule has 0 spiro atoms. The van der Waals surface area contributed by atoms with Crippen LogP contribution in [-0.4, -0.2) is 64.9 Å². The zero-order valence-electron chi connectivity index (χ0n) is 30.6. The van der Waals surface area contributed by atoms with Gasteiger partial charge >= 0.3 is 0 Å². The summed E-state index contributed by atoms with van der Waals surface area (Å²) in [4.78, 5) is 28.1. The van der Waals surface area contributed by atoms with E-state index in [1.807, 2.05) is 18.2 Å². The van der Waals surface area contributed by atoms with E-state index in [1.54, 1.807) is 11.3 Å². The third-order valence-electron chi connectivity index (χ3n) is 9.43. The molecule has 1 amide bonds. The lowest BCUT2D eigenvalue weighted by Crippen LogP contribution is -2.32. The maximum Gasteiger partial charge on any atom is 0.225 e. The van der Waals surface area contributed by atoms with Gasteiger partial charge < -0.3 is 15.1 Å². The minimum atomic E-state index is 0.0491. The van der Waals surface area contributed by atoms with Crippen molar-refractivity contribution in [3.05, 3.63) is 29.3 Å². The van der Waals surface area contributed by atoms with Crippen molar-refractivity contribution < 1.29 is 4.79 Å². The summed E-state index contributed by atoms with van der Waals surface area (Å²) < 4.78 is 1.13. The van der Waals surface area contributed by atoms with Gasteiger partial charge in [-0.1, -0.05) is 117 Å². The minimum absolute atomic E-state index is 0.0491. The van der Waals surface area contributed by atoms with Crippen LogP contribution in [0.5, 0.6) is 0 Å². The van der Waals surface area contributed by atoms with Crippen molar-refractivity contribution in [3.8, 4) is 0 Å².